The van der Waals surface area contributed by atoms with Crippen molar-refractivity contribution in [3.63, 3.8) is 0 Å². The molecule has 22 heavy (non-hydrogen) atoms. The van der Waals surface area contributed by atoms with E-state index in [4.69, 9.17) is 5.26 Å². The van der Waals surface area contributed by atoms with E-state index in [1.165, 1.54) is 11.8 Å². The molecule has 0 radical (unpaired) electrons. The van der Waals surface area contributed by atoms with E-state index in [-0.39, 0.29) is 11.7 Å². The van der Waals surface area contributed by atoms with Crippen LogP contribution in [0.25, 0.3) is 0 Å². The van der Waals surface area contributed by atoms with Crippen molar-refractivity contribution < 1.29 is 4.79 Å². The number of nitriles is 1. The minimum absolute atomic E-state index is 0.0977. The van der Waals surface area contributed by atoms with E-state index in [2.05, 4.69) is 15.5 Å². The first-order chi connectivity index (χ1) is 10.6. The van der Waals surface area contributed by atoms with E-state index in [1.807, 2.05) is 42.0 Å². The number of hydrogen-bond donors (Lipinski definition) is 1. The van der Waals surface area contributed by atoms with Gasteiger partial charge in [0.2, 0.25) is 5.91 Å². The zero-order valence-corrected chi connectivity index (χ0v) is 13.9. The number of nitrogens with zero attached hydrogens (tertiary/aromatic N) is 4. The molecule has 114 valence electrons. The van der Waals surface area contributed by atoms with Gasteiger partial charge < -0.3 is 9.88 Å². The fourth-order valence-corrected chi connectivity index (χ4v) is 3.04. The van der Waals surface area contributed by atoms with Crippen LogP contribution in [0.3, 0.4) is 0 Å². The van der Waals surface area contributed by atoms with Gasteiger partial charge in [-0.05, 0) is 49.4 Å². The number of rotatable bonds is 6. The van der Waals surface area contributed by atoms with Crippen LogP contribution in [0.5, 0.6) is 0 Å². The Labute approximate surface area is 137 Å². The highest BCUT2D eigenvalue weighted by Gasteiger charge is 2.09. The molecule has 0 fully saturated rings. The minimum atomic E-state index is -0.0977. The summed E-state index contributed by atoms with van der Waals surface area (Å²) in [5.41, 5.74) is 1.68. The van der Waals surface area contributed by atoms with Gasteiger partial charge in [0, 0.05) is 17.1 Å². The van der Waals surface area contributed by atoms with Gasteiger partial charge in [-0.25, -0.2) is 0 Å². The van der Waals surface area contributed by atoms with E-state index in [1.54, 1.807) is 6.33 Å². The molecule has 0 aliphatic heterocycles. The molecule has 2 rings (SSSR count). The van der Waals surface area contributed by atoms with Crippen LogP contribution in [-0.2, 0) is 11.3 Å². The molecule has 0 spiro atoms. The van der Waals surface area contributed by atoms with Gasteiger partial charge in [-0.3, -0.25) is 4.79 Å². The molecule has 0 unspecified atom stereocenters. The zero-order chi connectivity index (χ0) is 15.9. The lowest BCUT2D eigenvalue weighted by atomic mass is 10.2. The Hall–Kier alpha value is -1.98. The van der Waals surface area contributed by atoms with Gasteiger partial charge in [-0.2, -0.15) is 5.26 Å². The zero-order valence-electron chi connectivity index (χ0n) is 12.2. The number of aryl methyl sites for hydroxylation is 2. The Morgan fingerprint density at radius 3 is 3.00 bits per heavy atom. The fraction of sp³-hybridized carbons (Fsp3) is 0.286. The largest absolute Gasteiger partial charge is 0.325 e. The number of amides is 1. The van der Waals surface area contributed by atoms with Crippen LogP contribution in [0.15, 0.2) is 34.6 Å². The first-order valence-electron chi connectivity index (χ1n) is 6.61. The number of nitrogens with one attached hydrogen (secondary N) is 1. The van der Waals surface area contributed by atoms with Crippen molar-refractivity contribution in [2.24, 2.45) is 0 Å². The molecule has 1 amide bonds. The summed E-state index contributed by atoms with van der Waals surface area (Å²) in [6, 6.07) is 5.51. The lowest BCUT2D eigenvalue weighted by Crippen LogP contribution is -2.15. The molecule has 6 nitrogen and oxygen atoms in total. The number of carbonyl (C=O) groups excluding carboxylic acids is 1. The summed E-state index contributed by atoms with van der Waals surface area (Å²) in [5, 5.41) is 22.1. The highest BCUT2D eigenvalue weighted by atomic mass is 32.2. The van der Waals surface area contributed by atoms with Crippen molar-refractivity contribution in [2.45, 2.75) is 30.4 Å². The molecule has 1 aromatic heterocycles. The Morgan fingerprint density at radius 1 is 1.50 bits per heavy atom. The van der Waals surface area contributed by atoms with Crippen molar-refractivity contribution in [3.8, 4) is 5.40 Å². The second-order valence-electron chi connectivity index (χ2n) is 4.41. The summed E-state index contributed by atoms with van der Waals surface area (Å²) in [6.07, 6.45) is 1.65. The summed E-state index contributed by atoms with van der Waals surface area (Å²) < 4.78 is 1.89. The predicted molar refractivity (Wildman–Crippen MR) is 87.7 cm³/mol. The third kappa shape index (κ3) is 4.26. The summed E-state index contributed by atoms with van der Waals surface area (Å²) in [7, 11) is 0. The second kappa shape index (κ2) is 7.87. The number of aromatic nitrogens is 3. The smallest absolute Gasteiger partial charge is 0.234 e. The van der Waals surface area contributed by atoms with E-state index in [9.17, 15) is 4.79 Å². The van der Waals surface area contributed by atoms with Crippen molar-refractivity contribution in [1.29, 1.82) is 5.26 Å². The van der Waals surface area contributed by atoms with Crippen LogP contribution >= 0.6 is 23.5 Å². The number of benzene rings is 1. The topological polar surface area (TPSA) is 83.6 Å². The maximum absolute atomic E-state index is 12.0. The number of hydrogen-bond acceptors (Lipinski definition) is 6. The molecule has 0 atom stereocenters. The molecular formula is C14H15N5OS2. The van der Waals surface area contributed by atoms with Gasteiger partial charge in [0.15, 0.2) is 5.16 Å². The maximum atomic E-state index is 12.0. The summed E-state index contributed by atoms with van der Waals surface area (Å²) in [4.78, 5) is 12.9. The monoisotopic (exact) mass is 333 g/mol. The highest BCUT2D eigenvalue weighted by molar-refractivity contribution is 8.03. The Balaban J connectivity index is 1.93. The molecule has 1 heterocycles. The van der Waals surface area contributed by atoms with Crippen LogP contribution in [0.4, 0.5) is 5.69 Å². The van der Waals surface area contributed by atoms with E-state index in [0.717, 1.165) is 39.6 Å². The lowest BCUT2D eigenvalue weighted by Gasteiger charge is -2.09. The number of carbonyl (C=O) groups is 1. The molecular weight excluding hydrogens is 318 g/mol. The fourth-order valence-electron chi connectivity index (χ4n) is 1.78. The third-order valence-electron chi connectivity index (χ3n) is 2.89. The van der Waals surface area contributed by atoms with E-state index >= 15 is 0 Å². The maximum Gasteiger partial charge on any atom is 0.234 e. The molecule has 1 aromatic carbocycles. The van der Waals surface area contributed by atoms with Crippen LogP contribution in [0.2, 0.25) is 0 Å². The minimum Gasteiger partial charge on any atom is -0.325 e. The van der Waals surface area contributed by atoms with Crippen molar-refractivity contribution in [3.05, 3.63) is 30.1 Å². The van der Waals surface area contributed by atoms with Gasteiger partial charge in [-0.1, -0.05) is 11.8 Å². The quantitative estimate of drug-likeness (QED) is 0.646. The molecule has 0 aliphatic rings. The second-order valence-corrected chi connectivity index (χ2v) is 6.21. The van der Waals surface area contributed by atoms with E-state index in [0.29, 0.717) is 0 Å². The highest BCUT2D eigenvalue weighted by Crippen LogP contribution is 2.23. The molecule has 1 N–H and O–H groups in total. The average molecular weight is 333 g/mol. The predicted octanol–water partition coefficient (Wildman–Crippen LogP) is 2.91. The van der Waals surface area contributed by atoms with Crippen molar-refractivity contribution >= 4 is 35.1 Å². The van der Waals surface area contributed by atoms with Gasteiger partial charge >= 0.3 is 0 Å². The summed E-state index contributed by atoms with van der Waals surface area (Å²) >= 11 is 2.45. The van der Waals surface area contributed by atoms with Gasteiger partial charge in [0.05, 0.1) is 5.75 Å². The molecule has 8 heteroatoms. The normalized spacial score (nSPS) is 10.2. The Kier molecular flexibility index (Phi) is 5.86. The number of anilines is 1. The lowest BCUT2D eigenvalue weighted by molar-refractivity contribution is -0.113. The SMILES string of the molecule is CCn1cnnc1SCC(=O)Nc1ccc(SC#N)cc1C. The van der Waals surface area contributed by atoms with Crippen LogP contribution in [0, 0.1) is 17.6 Å². The first kappa shape index (κ1) is 16.4. The average Bonchev–Trinajstić information content (AvgIpc) is 2.96. The Morgan fingerprint density at radius 2 is 2.32 bits per heavy atom. The van der Waals surface area contributed by atoms with Gasteiger partial charge in [0.1, 0.15) is 11.7 Å². The molecule has 2 aromatic rings. The first-order valence-corrected chi connectivity index (χ1v) is 8.41. The standard InChI is InChI=1S/C14H15N5OS2/c1-3-19-9-16-18-14(19)21-7-13(20)17-12-5-4-11(22-8-15)6-10(12)2/h4-6,9H,3,7H2,1-2H3,(H,17,20). The molecule has 0 aliphatic carbocycles. The van der Waals surface area contributed by atoms with E-state index < -0.39 is 0 Å². The van der Waals surface area contributed by atoms with Crippen LogP contribution in [0.1, 0.15) is 12.5 Å². The molecule has 0 saturated carbocycles. The van der Waals surface area contributed by atoms with Crippen LogP contribution < -0.4 is 5.32 Å². The molecule has 0 saturated heterocycles. The van der Waals surface area contributed by atoms with Crippen molar-refractivity contribution in [1.82, 2.24) is 14.8 Å². The summed E-state index contributed by atoms with van der Waals surface area (Å²) in [6.45, 7) is 4.67. The third-order valence-corrected chi connectivity index (χ3v) is 4.45. The molecule has 0 bridgehead atoms. The van der Waals surface area contributed by atoms with Gasteiger partial charge in [0.25, 0.3) is 0 Å². The van der Waals surface area contributed by atoms with Crippen molar-refractivity contribution in [2.75, 3.05) is 11.1 Å². The van der Waals surface area contributed by atoms with Gasteiger partial charge in [-0.15, -0.1) is 10.2 Å². The number of thioether (sulfide) groups is 2. The number of thiocyanates is 1. The summed E-state index contributed by atoms with van der Waals surface area (Å²) in [5.74, 6) is 0.173. The Bertz CT molecular complexity index is 707. The van der Waals surface area contributed by atoms with Crippen LogP contribution in [-0.4, -0.2) is 26.4 Å².